The van der Waals surface area contributed by atoms with Crippen LogP contribution in [-0.2, 0) is 0 Å². The molecule has 2 rings (SSSR count). The van der Waals surface area contributed by atoms with Gasteiger partial charge in [0, 0.05) is 5.39 Å². The molecule has 1 heterocycles. The van der Waals surface area contributed by atoms with Crippen molar-refractivity contribution in [3.05, 3.63) is 40.1 Å². The molecule has 0 fully saturated rings. The van der Waals surface area contributed by atoms with Crippen LogP contribution in [-0.4, -0.2) is 4.98 Å². The molecule has 0 N–H and O–H groups in total. The minimum atomic E-state index is 0.445. The second kappa shape index (κ2) is 3.99. The maximum absolute atomic E-state index is 6.04. The summed E-state index contributed by atoms with van der Waals surface area (Å²) in [5, 5.41) is 2.98. The van der Waals surface area contributed by atoms with E-state index in [9.17, 15) is 0 Å². The van der Waals surface area contributed by atoms with Crippen LogP contribution in [0.5, 0.6) is 0 Å². The van der Waals surface area contributed by atoms with Crippen LogP contribution in [0.2, 0.25) is 10.3 Å². The lowest BCUT2D eigenvalue weighted by Crippen LogP contribution is -1.91. The Labute approximate surface area is 99.0 Å². The second-order valence-corrected chi connectivity index (χ2v) is 4.58. The highest BCUT2D eigenvalue weighted by Gasteiger charge is 2.08. The standard InChI is InChI=1S/C12H11Cl2N/c1-7(2)8-4-3-5-9-10(8)6-11(13)15-12(9)14/h3-7H,1-2H3. The van der Waals surface area contributed by atoms with Gasteiger partial charge in [0.25, 0.3) is 0 Å². The van der Waals surface area contributed by atoms with Crippen molar-refractivity contribution < 1.29 is 0 Å². The Kier molecular flexibility index (Phi) is 2.85. The first-order chi connectivity index (χ1) is 7.09. The lowest BCUT2D eigenvalue weighted by Gasteiger charge is -2.10. The minimum Gasteiger partial charge on any atom is -0.224 e. The number of fused-ring (bicyclic) bond motifs is 1. The van der Waals surface area contributed by atoms with Crippen molar-refractivity contribution >= 4 is 34.0 Å². The Bertz CT molecular complexity index is 506. The number of benzene rings is 1. The molecule has 15 heavy (non-hydrogen) atoms. The summed E-state index contributed by atoms with van der Waals surface area (Å²) in [6, 6.07) is 7.93. The minimum absolute atomic E-state index is 0.445. The van der Waals surface area contributed by atoms with Crippen molar-refractivity contribution in [2.24, 2.45) is 0 Å². The number of halogens is 2. The third kappa shape index (κ3) is 1.95. The summed E-state index contributed by atoms with van der Waals surface area (Å²) in [6.45, 7) is 4.30. The van der Waals surface area contributed by atoms with Crippen molar-refractivity contribution in [3.8, 4) is 0 Å². The lowest BCUT2D eigenvalue weighted by molar-refractivity contribution is 0.876. The molecule has 1 aromatic carbocycles. The number of nitrogens with zero attached hydrogens (tertiary/aromatic N) is 1. The molecule has 78 valence electrons. The van der Waals surface area contributed by atoms with Gasteiger partial charge >= 0.3 is 0 Å². The van der Waals surface area contributed by atoms with Crippen LogP contribution in [0, 0.1) is 0 Å². The molecule has 0 aliphatic carbocycles. The van der Waals surface area contributed by atoms with E-state index in [0.29, 0.717) is 16.2 Å². The number of hydrogen-bond acceptors (Lipinski definition) is 1. The van der Waals surface area contributed by atoms with Gasteiger partial charge in [0.2, 0.25) is 0 Å². The highest BCUT2D eigenvalue weighted by atomic mass is 35.5. The average Bonchev–Trinajstić information content (AvgIpc) is 2.16. The van der Waals surface area contributed by atoms with Crippen LogP contribution in [0.25, 0.3) is 10.8 Å². The topological polar surface area (TPSA) is 12.9 Å². The van der Waals surface area contributed by atoms with Crippen LogP contribution in [0.15, 0.2) is 24.3 Å². The maximum Gasteiger partial charge on any atom is 0.138 e. The van der Waals surface area contributed by atoms with Gasteiger partial charge in [-0.25, -0.2) is 4.98 Å². The monoisotopic (exact) mass is 239 g/mol. The van der Waals surface area contributed by atoms with Gasteiger partial charge in [0.05, 0.1) is 0 Å². The highest BCUT2D eigenvalue weighted by Crippen LogP contribution is 2.30. The van der Waals surface area contributed by atoms with Crippen LogP contribution >= 0.6 is 23.2 Å². The van der Waals surface area contributed by atoms with Crippen LogP contribution < -0.4 is 0 Å². The Morgan fingerprint density at radius 2 is 1.87 bits per heavy atom. The third-order valence-corrected chi connectivity index (χ3v) is 2.93. The van der Waals surface area contributed by atoms with E-state index >= 15 is 0 Å². The van der Waals surface area contributed by atoms with Gasteiger partial charge < -0.3 is 0 Å². The van der Waals surface area contributed by atoms with Crippen molar-refractivity contribution in [3.63, 3.8) is 0 Å². The molecule has 0 amide bonds. The molecule has 0 aliphatic heterocycles. The molecule has 0 spiro atoms. The zero-order valence-electron chi connectivity index (χ0n) is 8.59. The molecular weight excluding hydrogens is 229 g/mol. The van der Waals surface area contributed by atoms with E-state index in [2.05, 4.69) is 24.9 Å². The number of hydrogen-bond donors (Lipinski definition) is 0. The van der Waals surface area contributed by atoms with E-state index in [1.807, 2.05) is 18.2 Å². The van der Waals surface area contributed by atoms with E-state index in [0.717, 1.165) is 10.8 Å². The summed E-state index contributed by atoms with van der Waals surface area (Å²) in [5.74, 6) is 0.447. The number of pyridine rings is 1. The van der Waals surface area contributed by atoms with Crippen LogP contribution in [0.1, 0.15) is 25.3 Å². The molecule has 0 saturated carbocycles. The zero-order valence-corrected chi connectivity index (χ0v) is 10.1. The van der Waals surface area contributed by atoms with Gasteiger partial charge in [0.1, 0.15) is 10.3 Å². The normalized spacial score (nSPS) is 11.3. The molecule has 1 nitrogen and oxygen atoms in total. The molecule has 0 aliphatic rings. The van der Waals surface area contributed by atoms with E-state index in [1.54, 1.807) is 0 Å². The summed E-state index contributed by atoms with van der Waals surface area (Å²) >= 11 is 11.9. The first-order valence-corrected chi connectivity index (χ1v) is 5.60. The van der Waals surface area contributed by atoms with E-state index in [1.165, 1.54) is 5.56 Å². The number of aromatic nitrogens is 1. The SMILES string of the molecule is CC(C)c1cccc2c(Cl)nc(Cl)cc12. The average molecular weight is 240 g/mol. The molecule has 0 atom stereocenters. The zero-order chi connectivity index (χ0) is 11.0. The summed E-state index contributed by atoms with van der Waals surface area (Å²) in [4.78, 5) is 4.03. The predicted molar refractivity (Wildman–Crippen MR) is 65.9 cm³/mol. The lowest BCUT2D eigenvalue weighted by atomic mass is 9.97. The van der Waals surface area contributed by atoms with Crippen molar-refractivity contribution in [1.29, 1.82) is 0 Å². The molecule has 3 heteroatoms. The molecular formula is C12H11Cl2N. The van der Waals surface area contributed by atoms with Crippen molar-refractivity contribution in [2.75, 3.05) is 0 Å². The quantitative estimate of drug-likeness (QED) is 0.660. The Hall–Kier alpha value is -0.790. The van der Waals surface area contributed by atoms with Gasteiger partial charge in [0.15, 0.2) is 0 Å². The molecule has 0 unspecified atom stereocenters. The van der Waals surface area contributed by atoms with Gasteiger partial charge in [-0.05, 0) is 22.9 Å². The Balaban J connectivity index is 2.85. The van der Waals surface area contributed by atoms with E-state index in [-0.39, 0.29) is 0 Å². The first kappa shape index (κ1) is 10.7. The van der Waals surface area contributed by atoms with Crippen LogP contribution in [0.4, 0.5) is 0 Å². The molecule has 0 bridgehead atoms. The van der Waals surface area contributed by atoms with Crippen molar-refractivity contribution in [1.82, 2.24) is 4.98 Å². The molecule has 0 radical (unpaired) electrons. The van der Waals surface area contributed by atoms with Gasteiger partial charge in [-0.1, -0.05) is 55.2 Å². The first-order valence-electron chi connectivity index (χ1n) is 4.84. The fourth-order valence-electron chi connectivity index (χ4n) is 1.73. The van der Waals surface area contributed by atoms with Gasteiger partial charge in [-0.15, -0.1) is 0 Å². The van der Waals surface area contributed by atoms with Crippen LogP contribution in [0.3, 0.4) is 0 Å². The van der Waals surface area contributed by atoms with Crippen molar-refractivity contribution in [2.45, 2.75) is 19.8 Å². The summed E-state index contributed by atoms with van der Waals surface area (Å²) in [7, 11) is 0. The fourth-order valence-corrected chi connectivity index (χ4v) is 2.23. The Morgan fingerprint density at radius 3 is 2.53 bits per heavy atom. The summed E-state index contributed by atoms with van der Waals surface area (Å²) < 4.78 is 0. The van der Waals surface area contributed by atoms with Gasteiger partial charge in [-0.2, -0.15) is 0 Å². The molecule has 2 aromatic rings. The fraction of sp³-hybridized carbons (Fsp3) is 0.250. The van der Waals surface area contributed by atoms with Gasteiger partial charge in [-0.3, -0.25) is 0 Å². The van der Waals surface area contributed by atoms with E-state index in [4.69, 9.17) is 23.2 Å². The van der Waals surface area contributed by atoms with E-state index < -0.39 is 0 Å². The second-order valence-electron chi connectivity index (χ2n) is 3.83. The third-order valence-electron chi connectivity index (χ3n) is 2.45. The summed E-state index contributed by atoms with van der Waals surface area (Å²) in [6.07, 6.45) is 0. The largest absolute Gasteiger partial charge is 0.224 e. The molecule has 1 aromatic heterocycles. The maximum atomic E-state index is 6.04. The predicted octanol–water partition coefficient (Wildman–Crippen LogP) is 4.67. The Morgan fingerprint density at radius 1 is 1.13 bits per heavy atom. The molecule has 0 saturated heterocycles. The smallest absolute Gasteiger partial charge is 0.138 e. The number of rotatable bonds is 1. The highest BCUT2D eigenvalue weighted by molar-refractivity contribution is 6.36. The summed E-state index contributed by atoms with van der Waals surface area (Å²) in [5.41, 5.74) is 1.25.